The molecule has 20 heavy (non-hydrogen) atoms. The van der Waals surface area contributed by atoms with Crippen molar-refractivity contribution in [3.8, 4) is 5.75 Å². The van der Waals surface area contributed by atoms with Crippen molar-refractivity contribution >= 4 is 15.5 Å². The van der Waals surface area contributed by atoms with Crippen molar-refractivity contribution in [3.05, 3.63) is 48.3 Å². The van der Waals surface area contributed by atoms with Crippen LogP contribution in [0.1, 0.15) is 12.6 Å². The first-order valence-electron chi connectivity index (χ1n) is 6.18. The fraction of sp³-hybridized carbons (Fsp3) is 0.214. The van der Waals surface area contributed by atoms with Crippen molar-refractivity contribution in [1.29, 1.82) is 0 Å². The zero-order chi connectivity index (χ0) is 14.6. The van der Waals surface area contributed by atoms with E-state index in [1.165, 1.54) is 12.1 Å². The van der Waals surface area contributed by atoms with Gasteiger partial charge >= 0.3 is 0 Å². The molecule has 2 N–H and O–H groups in total. The third kappa shape index (κ3) is 3.27. The van der Waals surface area contributed by atoms with E-state index in [1.807, 2.05) is 6.92 Å². The number of nitrogen functional groups attached to an aromatic ring is 1. The standard InChI is InChI=1S/C14H16N2O3S/c1-2-19-12-6-7-13(15)14(9-12)20(17,18)10-11-5-3-4-8-16-11/h3-9H,2,10,15H2,1H3. The second-order valence-corrected chi connectivity index (χ2v) is 6.17. The van der Waals surface area contributed by atoms with Crippen molar-refractivity contribution in [1.82, 2.24) is 4.98 Å². The van der Waals surface area contributed by atoms with Gasteiger partial charge in [-0.05, 0) is 31.2 Å². The summed E-state index contributed by atoms with van der Waals surface area (Å²) in [5, 5.41) is 0. The summed E-state index contributed by atoms with van der Waals surface area (Å²) >= 11 is 0. The Kier molecular flexibility index (Phi) is 4.24. The van der Waals surface area contributed by atoms with E-state index in [0.717, 1.165) is 0 Å². The number of hydrogen-bond donors (Lipinski definition) is 1. The molecule has 0 aliphatic carbocycles. The van der Waals surface area contributed by atoms with E-state index in [0.29, 0.717) is 18.1 Å². The van der Waals surface area contributed by atoms with Gasteiger partial charge in [-0.2, -0.15) is 0 Å². The van der Waals surface area contributed by atoms with Crippen LogP contribution >= 0.6 is 0 Å². The molecule has 0 spiro atoms. The molecule has 0 aliphatic heterocycles. The zero-order valence-corrected chi connectivity index (χ0v) is 11.9. The number of nitrogens with two attached hydrogens (primary N) is 1. The highest BCUT2D eigenvalue weighted by atomic mass is 32.2. The maximum absolute atomic E-state index is 12.4. The van der Waals surface area contributed by atoms with E-state index in [1.54, 1.807) is 30.5 Å². The number of hydrogen-bond acceptors (Lipinski definition) is 5. The van der Waals surface area contributed by atoms with Gasteiger partial charge in [0.25, 0.3) is 0 Å². The lowest BCUT2D eigenvalue weighted by atomic mass is 10.3. The first-order valence-corrected chi connectivity index (χ1v) is 7.83. The highest BCUT2D eigenvalue weighted by Gasteiger charge is 2.20. The van der Waals surface area contributed by atoms with Crippen LogP contribution in [0.2, 0.25) is 0 Å². The number of anilines is 1. The molecule has 0 amide bonds. The van der Waals surface area contributed by atoms with Crippen LogP contribution in [-0.4, -0.2) is 20.0 Å². The molecule has 0 bridgehead atoms. The molecule has 106 valence electrons. The summed E-state index contributed by atoms with van der Waals surface area (Å²) in [6, 6.07) is 9.80. The molecule has 6 heteroatoms. The monoisotopic (exact) mass is 292 g/mol. The Morgan fingerprint density at radius 2 is 2.05 bits per heavy atom. The third-order valence-corrected chi connectivity index (χ3v) is 4.39. The van der Waals surface area contributed by atoms with E-state index in [2.05, 4.69) is 4.98 Å². The molecule has 0 saturated heterocycles. The number of aromatic nitrogens is 1. The quantitative estimate of drug-likeness (QED) is 0.853. The average Bonchev–Trinajstić information content (AvgIpc) is 2.42. The Labute approximate surface area is 118 Å². The van der Waals surface area contributed by atoms with E-state index >= 15 is 0 Å². The fourth-order valence-electron chi connectivity index (χ4n) is 1.80. The van der Waals surface area contributed by atoms with Gasteiger partial charge in [-0.3, -0.25) is 4.98 Å². The van der Waals surface area contributed by atoms with Crippen molar-refractivity contribution in [3.63, 3.8) is 0 Å². The van der Waals surface area contributed by atoms with Gasteiger partial charge in [-0.25, -0.2) is 8.42 Å². The van der Waals surface area contributed by atoms with Crippen LogP contribution in [0.25, 0.3) is 0 Å². The first kappa shape index (κ1) is 14.3. The number of sulfone groups is 1. The van der Waals surface area contributed by atoms with Crippen LogP contribution in [0.3, 0.4) is 0 Å². The summed E-state index contributed by atoms with van der Waals surface area (Å²) < 4.78 is 30.1. The summed E-state index contributed by atoms with van der Waals surface area (Å²) in [4.78, 5) is 4.10. The highest BCUT2D eigenvalue weighted by Crippen LogP contribution is 2.26. The molecule has 0 saturated carbocycles. The molecular weight excluding hydrogens is 276 g/mol. The maximum atomic E-state index is 12.4. The molecule has 1 aromatic heterocycles. The zero-order valence-electron chi connectivity index (χ0n) is 11.1. The number of benzene rings is 1. The molecule has 1 heterocycles. The number of pyridine rings is 1. The summed E-state index contributed by atoms with van der Waals surface area (Å²) in [6.07, 6.45) is 1.56. The van der Waals surface area contributed by atoms with Crippen molar-refractivity contribution < 1.29 is 13.2 Å². The second kappa shape index (κ2) is 5.92. The van der Waals surface area contributed by atoms with Crippen molar-refractivity contribution in [2.45, 2.75) is 17.6 Å². The van der Waals surface area contributed by atoms with Gasteiger partial charge in [0.2, 0.25) is 0 Å². The van der Waals surface area contributed by atoms with Gasteiger partial charge in [0, 0.05) is 12.3 Å². The van der Waals surface area contributed by atoms with E-state index in [4.69, 9.17) is 10.5 Å². The summed E-state index contributed by atoms with van der Waals surface area (Å²) in [5.41, 5.74) is 6.46. The Bertz CT molecular complexity index is 685. The Morgan fingerprint density at radius 3 is 2.70 bits per heavy atom. The number of nitrogens with zero attached hydrogens (tertiary/aromatic N) is 1. The summed E-state index contributed by atoms with van der Waals surface area (Å²) in [7, 11) is -3.55. The molecule has 0 atom stereocenters. The minimum atomic E-state index is -3.55. The Balaban J connectivity index is 2.36. The molecule has 2 aromatic rings. The van der Waals surface area contributed by atoms with Crippen LogP contribution in [0.5, 0.6) is 5.75 Å². The van der Waals surface area contributed by atoms with E-state index in [-0.39, 0.29) is 16.3 Å². The summed E-state index contributed by atoms with van der Waals surface area (Å²) in [5.74, 6) is 0.300. The smallest absolute Gasteiger partial charge is 0.186 e. The molecule has 5 nitrogen and oxygen atoms in total. The molecule has 1 aromatic carbocycles. The minimum Gasteiger partial charge on any atom is -0.494 e. The normalized spacial score (nSPS) is 11.2. The number of rotatable bonds is 5. The van der Waals surface area contributed by atoms with Crippen LogP contribution in [0, 0.1) is 0 Å². The lowest BCUT2D eigenvalue weighted by Gasteiger charge is -2.10. The first-order chi connectivity index (χ1) is 9.53. The van der Waals surface area contributed by atoms with Gasteiger partial charge in [0.1, 0.15) is 5.75 Å². The third-order valence-electron chi connectivity index (χ3n) is 2.70. The fourth-order valence-corrected chi connectivity index (χ4v) is 3.23. The lowest BCUT2D eigenvalue weighted by molar-refractivity contribution is 0.339. The van der Waals surface area contributed by atoms with Crippen LogP contribution in [0.4, 0.5) is 5.69 Å². The van der Waals surface area contributed by atoms with Crippen LogP contribution in [-0.2, 0) is 15.6 Å². The molecule has 0 radical (unpaired) electrons. The predicted molar refractivity (Wildman–Crippen MR) is 77.2 cm³/mol. The largest absolute Gasteiger partial charge is 0.494 e. The highest BCUT2D eigenvalue weighted by molar-refractivity contribution is 7.90. The van der Waals surface area contributed by atoms with Crippen LogP contribution < -0.4 is 10.5 Å². The van der Waals surface area contributed by atoms with E-state index in [9.17, 15) is 8.42 Å². The lowest BCUT2D eigenvalue weighted by Crippen LogP contribution is -2.09. The number of ether oxygens (including phenoxy) is 1. The second-order valence-electron chi connectivity index (χ2n) is 4.21. The SMILES string of the molecule is CCOc1ccc(N)c(S(=O)(=O)Cc2ccccn2)c1. The maximum Gasteiger partial charge on any atom is 0.186 e. The Morgan fingerprint density at radius 1 is 1.25 bits per heavy atom. The predicted octanol–water partition coefficient (Wildman–Crippen LogP) is 2.04. The van der Waals surface area contributed by atoms with Crippen molar-refractivity contribution in [2.75, 3.05) is 12.3 Å². The van der Waals surface area contributed by atoms with Gasteiger partial charge < -0.3 is 10.5 Å². The van der Waals surface area contributed by atoms with Crippen LogP contribution in [0.15, 0.2) is 47.5 Å². The average molecular weight is 292 g/mol. The topological polar surface area (TPSA) is 82.3 Å². The van der Waals surface area contributed by atoms with Gasteiger partial charge in [0.05, 0.1) is 28.6 Å². The molecule has 2 rings (SSSR count). The van der Waals surface area contributed by atoms with Gasteiger partial charge in [0.15, 0.2) is 9.84 Å². The van der Waals surface area contributed by atoms with E-state index < -0.39 is 9.84 Å². The molecule has 0 aliphatic rings. The van der Waals surface area contributed by atoms with Gasteiger partial charge in [-0.15, -0.1) is 0 Å². The molecule has 0 unspecified atom stereocenters. The molecule has 0 fully saturated rings. The summed E-state index contributed by atoms with van der Waals surface area (Å²) in [6.45, 7) is 2.29. The molecular formula is C14H16N2O3S. The Hall–Kier alpha value is -2.08. The van der Waals surface area contributed by atoms with Gasteiger partial charge in [-0.1, -0.05) is 6.07 Å². The van der Waals surface area contributed by atoms with Crippen molar-refractivity contribution in [2.24, 2.45) is 0 Å². The minimum absolute atomic E-state index is 0.0779.